The van der Waals surface area contributed by atoms with Gasteiger partial charge in [0.15, 0.2) is 17.1 Å². The number of hydrogen-bond donors (Lipinski definition) is 1. The van der Waals surface area contributed by atoms with E-state index < -0.39 is 29.2 Å². The van der Waals surface area contributed by atoms with Gasteiger partial charge in [-0.2, -0.15) is 0 Å². The molecule has 0 fully saturated rings. The van der Waals surface area contributed by atoms with Crippen molar-refractivity contribution in [1.29, 1.82) is 0 Å². The number of carbonyl (C=O) groups is 3. The van der Waals surface area contributed by atoms with E-state index in [1.54, 1.807) is 13.8 Å². The summed E-state index contributed by atoms with van der Waals surface area (Å²) in [6.45, 7) is 4.24. The van der Waals surface area contributed by atoms with Gasteiger partial charge in [-0.3, -0.25) is 4.79 Å². The molecule has 0 amide bonds. The number of methoxy groups -OCH3 is 1. The van der Waals surface area contributed by atoms with Crippen LogP contribution in [0.1, 0.15) is 26.3 Å². The van der Waals surface area contributed by atoms with E-state index in [9.17, 15) is 19.5 Å². The van der Waals surface area contributed by atoms with Crippen molar-refractivity contribution in [2.45, 2.75) is 20.8 Å². The van der Waals surface area contributed by atoms with Crippen LogP contribution in [0.15, 0.2) is 23.8 Å². The van der Waals surface area contributed by atoms with Crippen LogP contribution in [0.5, 0.6) is 11.5 Å². The van der Waals surface area contributed by atoms with Gasteiger partial charge in [-0.25, -0.2) is 9.59 Å². The van der Waals surface area contributed by atoms with E-state index in [-0.39, 0.29) is 30.3 Å². The molecule has 0 aliphatic rings. The standard InChI is InChI=1S/C17H20O8/c1-5-23-16(20)13(17(21)24-6-2)14(19)11-8-7-9-12(22-4)15(11)25-10(3)18/h7-9,19H,5-6H2,1-4H3. The van der Waals surface area contributed by atoms with Crippen molar-refractivity contribution < 1.29 is 38.4 Å². The van der Waals surface area contributed by atoms with Crippen LogP contribution in [0.25, 0.3) is 5.76 Å². The molecule has 0 aliphatic carbocycles. The minimum Gasteiger partial charge on any atom is -0.506 e. The second-order valence-electron chi connectivity index (χ2n) is 4.60. The molecule has 8 heteroatoms. The molecule has 0 unspecified atom stereocenters. The van der Waals surface area contributed by atoms with Gasteiger partial charge in [-0.1, -0.05) is 6.07 Å². The number of esters is 3. The first kappa shape index (κ1) is 20.0. The molecule has 0 aromatic heterocycles. The van der Waals surface area contributed by atoms with Gasteiger partial charge >= 0.3 is 17.9 Å². The van der Waals surface area contributed by atoms with Gasteiger partial charge < -0.3 is 24.1 Å². The Morgan fingerprint density at radius 1 is 1.04 bits per heavy atom. The van der Waals surface area contributed by atoms with E-state index in [2.05, 4.69) is 0 Å². The molecule has 0 atom stereocenters. The molecule has 0 radical (unpaired) electrons. The molecule has 1 aromatic carbocycles. The lowest BCUT2D eigenvalue weighted by Crippen LogP contribution is -2.20. The zero-order valence-corrected chi connectivity index (χ0v) is 14.5. The number of hydrogen-bond acceptors (Lipinski definition) is 8. The molecule has 0 spiro atoms. The molecule has 0 aliphatic heterocycles. The lowest BCUT2D eigenvalue weighted by molar-refractivity contribution is -0.146. The third-order valence-electron chi connectivity index (χ3n) is 2.90. The molecular weight excluding hydrogens is 332 g/mol. The average molecular weight is 352 g/mol. The van der Waals surface area contributed by atoms with Crippen LogP contribution in [0.4, 0.5) is 0 Å². The maximum Gasteiger partial charge on any atom is 0.349 e. The molecule has 0 heterocycles. The van der Waals surface area contributed by atoms with Crippen LogP contribution < -0.4 is 9.47 Å². The molecule has 0 saturated carbocycles. The zero-order chi connectivity index (χ0) is 19.0. The van der Waals surface area contributed by atoms with E-state index in [1.807, 2.05) is 0 Å². The number of benzene rings is 1. The fourth-order valence-corrected chi connectivity index (χ4v) is 1.93. The third-order valence-corrected chi connectivity index (χ3v) is 2.90. The van der Waals surface area contributed by atoms with Gasteiger partial charge in [0.25, 0.3) is 0 Å². The van der Waals surface area contributed by atoms with E-state index in [0.29, 0.717) is 0 Å². The highest BCUT2D eigenvalue weighted by Crippen LogP contribution is 2.36. The van der Waals surface area contributed by atoms with Gasteiger partial charge in [0.2, 0.25) is 0 Å². The van der Waals surface area contributed by atoms with Crippen molar-refractivity contribution in [1.82, 2.24) is 0 Å². The Morgan fingerprint density at radius 3 is 2.04 bits per heavy atom. The molecule has 1 N–H and O–H groups in total. The Kier molecular flexibility index (Phi) is 7.45. The Labute approximate surface area is 144 Å². The summed E-state index contributed by atoms with van der Waals surface area (Å²) in [5.74, 6) is -3.54. The van der Waals surface area contributed by atoms with Gasteiger partial charge in [0.05, 0.1) is 25.9 Å². The lowest BCUT2D eigenvalue weighted by atomic mass is 10.1. The fraction of sp³-hybridized carbons (Fsp3) is 0.353. The van der Waals surface area contributed by atoms with E-state index in [4.69, 9.17) is 18.9 Å². The molecule has 0 saturated heterocycles. The van der Waals surface area contributed by atoms with Gasteiger partial charge in [0, 0.05) is 6.92 Å². The average Bonchev–Trinajstić information content (AvgIpc) is 2.55. The van der Waals surface area contributed by atoms with Crippen molar-refractivity contribution in [3.63, 3.8) is 0 Å². The predicted molar refractivity (Wildman–Crippen MR) is 87.1 cm³/mol. The SMILES string of the molecule is CCOC(=O)C(C(=O)OCC)=C(O)c1cccc(OC)c1OC(C)=O. The maximum absolute atomic E-state index is 12.1. The molecular formula is C17H20O8. The monoisotopic (exact) mass is 352 g/mol. The van der Waals surface area contributed by atoms with Gasteiger partial charge in [-0.15, -0.1) is 0 Å². The van der Waals surface area contributed by atoms with E-state index in [0.717, 1.165) is 6.92 Å². The van der Waals surface area contributed by atoms with Gasteiger partial charge in [0.1, 0.15) is 5.76 Å². The quantitative estimate of drug-likeness (QED) is 0.198. The van der Waals surface area contributed by atoms with Crippen molar-refractivity contribution >= 4 is 23.7 Å². The first-order valence-corrected chi connectivity index (χ1v) is 7.50. The zero-order valence-electron chi connectivity index (χ0n) is 14.5. The van der Waals surface area contributed by atoms with E-state index in [1.165, 1.54) is 25.3 Å². The highest BCUT2D eigenvalue weighted by Gasteiger charge is 2.29. The lowest BCUT2D eigenvalue weighted by Gasteiger charge is -2.14. The number of rotatable bonds is 7. The first-order valence-electron chi connectivity index (χ1n) is 7.50. The van der Waals surface area contributed by atoms with Crippen LogP contribution in [0, 0.1) is 0 Å². The number of ether oxygens (including phenoxy) is 4. The first-order chi connectivity index (χ1) is 11.9. The van der Waals surface area contributed by atoms with Crippen molar-refractivity contribution in [2.75, 3.05) is 20.3 Å². The second kappa shape index (κ2) is 9.31. The Balaban J connectivity index is 3.60. The minimum absolute atomic E-state index is 0.00999. The molecule has 0 bridgehead atoms. The molecule has 1 aromatic rings. The second-order valence-corrected chi connectivity index (χ2v) is 4.60. The highest BCUT2D eigenvalue weighted by atomic mass is 16.6. The maximum atomic E-state index is 12.1. The number of para-hydroxylation sites is 1. The topological polar surface area (TPSA) is 108 Å². The largest absolute Gasteiger partial charge is 0.506 e. The van der Waals surface area contributed by atoms with Crippen LogP contribution >= 0.6 is 0 Å². The van der Waals surface area contributed by atoms with Crippen LogP contribution in [-0.4, -0.2) is 43.3 Å². The smallest absolute Gasteiger partial charge is 0.349 e. The minimum atomic E-state index is -1.06. The van der Waals surface area contributed by atoms with Crippen LogP contribution in [0.3, 0.4) is 0 Å². The number of aliphatic hydroxyl groups is 1. The molecule has 8 nitrogen and oxygen atoms in total. The van der Waals surface area contributed by atoms with Crippen molar-refractivity contribution in [3.8, 4) is 11.5 Å². The summed E-state index contributed by atoms with van der Waals surface area (Å²) in [4.78, 5) is 35.5. The van der Waals surface area contributed by atoms with Gasteiger partial charge in [-0.05, 0) is 26.0 Å². The Bertz CT molecular complexity index is 670. The Hall–Kier alpha value is -3.03. The summed E-state index contributed by atoms with van der Waals surface area (Å²) in [6.07, 6.45) is 0. The molecule has 25 heavy (non-hydrogen) atoms. The molecule has 1 rings (SSSR count). The summed E-state index contributed by atoms with van der Waals surface area (Å²) in [5, 5.41) is 10.5. The fourth-order valence-electron chi connectivity index (χ4n) is 1.93. The summed E-state index contributed by atoms with van der Waals surface area (Å²) in [5.41, 5.74) is -0.795. The summed E-state index contributed by atoms with van der Waals surface area (Å²) in [7, 11) is 1.34. The van der Waals surface area contributed by atoms with Crippen molar-refractivity contribution in [3.05, 3.63) is 29.3 Å². The Morgan fingerprint density at radius 2 is 1.60 bits per heavy atom. The molecule has 136 valence electrons. The van der Waals surface area contributed by atoms with Crippen LogP contribution in [0.2, 0.25) is 0 Å². The summed E-state index contributed by atoms with van der Waals surface area (Å²) in [6, 6.07) is 4.34. The summed E-state index contributed by atoms with van der Waals surface area (Å²) >= 11 is 0. The number of carbonyl (C=O) groups excluding carboxylic acids is 3. The predicted octanol–water partition coefficient (Wildman–Crippen LogP) is 2.02. The van der Waals surface area contributed by atoms with Crippen LogP contribution in [-0.2, 0) is 23.9 Å². The summed E-state index contributed by atoms with van der Waals surface area (Å²) < 4.78 is 19.7. The number of aliphatic hydroxyl groups excluding tert-OH is 1. The van der Waals surface area contributed by atoms with E-state index >= 15 is 0 Å². The van der Waals surface area contributed by atoms with Crippen molar-refractivity contribution in [2.24, 2.45) is 0 Å². The normalized spacial score (nSPS) is 9.76. The third kappa shape index (κ3) is 4.97. The highest BCUT2D eigenvalue weighted by molar-refractivity contribution is 6.19.